The number of rotatable bonds is 4. The van der Waals surface area contributed by atoms with E-state index in [4.69, 9.17) is 0 Å². The summed E-state index contributed by atoms with van der Waals surface area (Å²) < 4.78 is 16.5. The number of carbonyl (C=O) groups is 1. The lowest BCUT2D eigenvalue weighted by Crippen LogP contribution is -2.32. The standard InChI is InChI=1S/C18H20FN7O/c1-24(18(27)16-4-2-3-9-25-17(16)21-22-23-25)11-13-10-20-26(12-13)15-7-5-14(19)6-8-15/h5-8,10,12,16H,2-4,9,11H2,1H3/t16-/m0/s1. The molecule has 0 fully saturated rings. The third-order valence-electron chi connectivity index (χ3n) is 4.81. The molecule has 0 unspecified atom stereocenters. The molecule has 3 heterocycles. The molecule has 0 saturated carbocycles. The van der Waals surface area contributed by atoms with Crippen LogP contribution in [0.4, 0.5) is 4.39 Å². The van der Waals surface area contributed by atoms with Crippen molar-refractivity contribution in [2.24, 2.45) is 0 Å². The Morgan fingerprint density at radius 3 is 2.93 bits per heavy atom. The first kappa shape index (κ1) is 17.3. The van der Waals surface area contributed by atoms with Gasteiger partial charge in [-0.25, -0.2) is 13.8 Å². The molecule has 0 saturated heterocycles. The second kappa shape index (κ2) is 7.26. The fourth-order valence-electron chi connectivity index (χ4n) is 3.39. The Morgan fingerprint density at radius 1 is 1.30 bits per heavy atom. The largest absolute Gasteiger partial charge is 0.341 e. The lowest BCUT2D eigenvalue weighted by atomic mass is 10.0. The Bertz CT molecular complexity index is 933. The fraction of sp³-hybridized carbons (Fsp3) is 0.389. The van der Waals surface area contributed by atoms with Crippen LogP contribution in [0.1, 0.15) is 36.6 Å². The monoisotopic (exact) mass is 369 g/mol. The first-order valence-electron chi connectivity index (χ1n) is 8.92. The number of fused-ring (bicyclic) bond motifs is 1. The van der Waals surface area contributed by atoms with E-state index in [2.05, 4.69) is 20.6 Å². The van der Waals surface area contributed by atoms with Crippen LogP contribution in [0.25, 0.3) is 5.69 Å². The van der Waals surface area contributed by atoms with Crippen LogP contribution >= 0.6 is 0 Å². The zero-order chi connectivity index (χ0) is 18.8. The molecule has 2 aromatic heterocycles. The molecule has 1 aliphatic heterocycles. The van der Waals surface area contributed by atoms with Gasteiger partial charge < -0.3 is 4.90 Å². The van der Waals surface area contributed by atoms with Crippen molar-refractivity contribution in [3.63, 3.8) is 0 Å². The average Bonchev–Trinajstić information content (AvgIpc) is 3.28. The van der Waals surface area contributed by atoms with Crippen LogP contribution in [0.3, 0.4) is 0 Å². The highest BCUT2D eigenvalue weighted by Crippen LogP contribution is 2.26. The molecule has 9 heteroatoms. The lowest BCUT2D eigenvalue weighted by molar-refractivity contribution is -0.132. The maximum absolute atomic E-state index is 13.1. The molecule has 4 rings (SSSR count). The smallest absolute Gasteiger partial charge is 0.233 e. The first-order chi connectivity index (χ1) is 13.1. The van der Waals surface area contributed by atoms with E-state index >= 15 is 0 Å². The zero-order valence-corrected chi connectivity index (χ0v) is 15.0. The zero-order valence-electron chi connectivity index (χ0n) is 15.0. The van der Waals surface area contributed by atoms with Crippen LogP contribution in [0.2, 0.25) is 0 Å². The number of hydrogen-bond donors (Lipinski definition) is 0. The molecule has 0 spiro atoms. The van der Waals surface area contributed by atoms with Crippen LogP contribution in [0.15, 0.2) is 36.7 Å². The molecule has 0 N–H and O–H groups in total. The van der Waals surface area contributed by atoms with Crippen LogP contribution in [0, 0.1) is 5.82 Å². The Kier molecular flexibility index (Phi) is 4.66. The SMILES string of the molecule is CN(Cc1cnn(-c2ccc(F)cc2)c1)C(=O)[C@H]1CCCCn2nnnc21. The van der Waals surface area contributed by atoms with Gasteiger partial charge in [0.2, 0.25) is 5.91 Å². The topological polar surface area (TPSA) is 81.7 Å². The molecule has 1 atom stereocenters. The maximum Gasteiger partial charge on any atom is 0.233 e. The van der Waals surface area contributed by atoms with Crippen molar-refractivity contribution in [1.29, 1.82) is 0 Å². The van der Waals surface area contributed by atoms with Crippen LogP contribution in [-0.4, -0.2) is 47.8 Å². The molecule has 0 bridgehead atoms. The van der Waals surface area contributed by atoms with E-state index in [9.17, 15) is 9.18 Å². The number of amides is 1. The van der Waals surface area contributed by atoms with E-state index in [1.54, 1.807) is 39.6 Å². The van der Waals surface area contributed by atoms with Crippen molar-refractivity contribution >= 4 is 5.91 Å². The summed E-state index contributed by atoms with van der Waals surface area (Å²) in [5.74, 6) is 0.0377. The molecule has 8 nitrogen and oxygen atoms in total. The summed E-state index contributed by atoms with van der Waals surface area (Å²) in [7, 11) is 1.77. The molecule has 1 aliphatic rings. The van der Waals surface area contributed by atoms with Gasteiger partial charge in [-0.05, 0) is 47.5 Å². The molecule has 0 aliphatic carbocycles. The molecular weight excluding hydrogens is 349 g/mol. The van der Waals surface area contributed by atoms with Gasteiger partial charge in [-0.3, -0.25) is 4.79 Å². The van der Waals surface area contributed by atoms with Gasteiger partial charge in [0.1, 0.15) is 5.82 Å². The van der Waals surface area contributed by atoms with Crippen molar-refractivity contribution in [3.8, 4) is 5.69 Å². The van der Waals surface area contributed by atoms with Gasteiger partial charge in [0, 0.05) is 31.9 Å². The van der Waals surface area contributed by atoms with Crippen molar-refractivity contribution < 1.29 is 9.18 Å². The Hall–Kier alpha value is -3.10. The number of nitrogens with zero attached hydrogens (tertiary/aromatic N) is 7. The van der Waals surface area contributed by atoms with Gasteiger partial charge in [0.05, 0.1) is 17.8 Å². The molecule has 0 radical (unpaired) electrons. The minimum atomic E-state index is -0.320. The van der Waals surface area contributed by atoms with Gasteiger partial charge in [0.15, 0.2) is 5.82 Å². The van der Waals surface area contributed by atoms with E-state index in [-0.39, 0.29) is 17.6 Å². The van der Waals surface area contributed by atoms with Gasteiger partial charge in [-0.1, -0.05) is 6.42 Å². The molecule has 1 amide bonds. The number of aromatic nitrogens is 6. The predicted octanol–water partition coefficient (Wildman–Crippen LogP) is 1.92. The quantitative estimate of drug-likeness (QED) is 0.702. The van der Waals surface area contributed by atoms with Crippen LogP contribution < -0.4 is 0 Å². The number of benzene rings is 1. The minimum Gasteiger partial charge on any atom is -0.341 e. The minimum absolute atomic E-state index is 0.00230. The summed E-state index contributed by atoms with van der Waals surface area (Å²) in [6, 6.07) is 6.10. The van der Waals surface area contributed by atoms with Crippen LogP contribution in [-0.2, 0) is 17.9 Å². The summed E-state index contributed by atoms with van der Waals surface area (Å²) in [4.78, 5) is 14.7. The van der Waals surface area contributed by atoms with E-state index < -0.39 is 0 Å². The Balaban J connectivity index is 1.47. The van der Waals surface area contributed by atoms with Gasteiger partial charge in [-0.2, -0.15) is 5.10 Å². The Morgan fingerprint density at radius 2 is 2.11 bits per heavy atom. The Labute approximate surface area is 155 Å². The highest BCUT2D eigenvalue weighted by atomic mass is 19.1. The van der Waals surface area contributed by atoms with E-state index in [1.807, 2.05) is 6.20 Å². The maximum atomic E-state index is 13.1. The summed E-state index contributed by atoms with van der Waals surface area (Å²) in [5.41, 5.74) is 1.66. The van der Waals surface area contributed by atoms with E-state index in [1.165, 1.54) is 12.1 Å². The normalized spacial score (nSPS) is 16.6. The lowest BCUT2D eigenvalue weighted by Gasteiger charge is -2.21. The predicted molar refractivity (Wildman–Crippen MR) is 94.4 cm³/mol. The first-order valence-corrected chi connectivity index (χ1v) is 8.92. The van der Waals surface area contributed by atoms with Crippen LogP contribution in [0.5, 0.6) is 0 Å². The highest BCUT2D eigenvalue weighted by Gasteiger charge is 2.30. The van der Waals surface area contributed by atoms with Gasteiger partial charge >= 0.3 is 0 Å². The summed E-state index contributed by atoms with van der Waals surface area (Å²) in [6.45, 7) is 1.18. The molecule has 3 aromatic rings. The van der Waals surface area contributed by atoms with E-state index in [0.717, 1.165) is 37.1 Å². The molecular formula is C18H20FN7O. The van der Waals surface area contributed by atoms with Crippen molar-refractivity contribution in [2.75, 3.05) is 7.05 Å². The number of carbonyl (C=O) groups excluding carboxylic acids is 1. The molecule has 1 aromatic carbocycles. The van der Waals surface area contributed by atoms with Gasteiger partial charge in [-0.15, -0.1) is 5.10 Å². The second-order valence-corrected chi connectivity index (χ2v) is 6.77. The number of halogens is 1. The summed E-state index contributed by atoms with van der Waals surface area (Å²) in [6.07, 6.45) is 6.23. The number of tetrazole rings is 1. The molecule has 27 heavy (non-hydrogen) atoms. The summed E-state index contributed by atoms with van der Waals surface area (Å²) >= 11 is 0. The average molecular weight is 369 g/mol. The third kappa shape index (κ3) is 3.57. The van der Waals surface area contributed by atoms with Gasteiger partial charge in [0.25, 0.3) is 0 Å². The number of likely N-dealkylation sites (N-methyl/N-ethyl adjacent to an activating group) is 1. The summed E-state index contributed by atoms with van der Waals surface area (Å²) in [5, 5.41) is 16.1. The van der Waals surface area contributed by atoms with E-state index in [0.29, 0.717) is 12.4 Å². The second-order valence-electron chi connectivity index (χ2n) is 6.77. The van der Waals surface area contributed by atoms with Crippen molar-refractivity contribution in [2.45, 2.75) is 38.3 Å². The fourth-order valence-corrected chi connectivity index (χ4v) is 3.39. The highest BCUT2D eigenvalue weighted by molar-refractivity contribution is 5.82. The van der Waals surface area contributed by atoms with Crippen molar-refractivity contribution in [1.82, 2.24) is 34.9 Å². The van der Waals surface area contributed by atoms with Crippen molar-refractivity contribution in [3.05, 3.63) is 53.9 Å². The third-order valence-corrected chi connectivity index (χ3v) is 4.81. The number of aryl methyl sites for hydroxylation is 1. The molecule has 140 valence electrons. The number of hydrogen-bond acceptors (Lipinski definition) is 5.